The molecular weight excluding hydrogens is 423 g/mol. The Balaban J connectivity index is 1.70. The van der Waals surface area contributed by atoms with Crippen LogP contribution < -0.4 is 4.74 Å². The summed E-state index contributed by atoms with van der Waals surface area (Å²) in [5.41, 5.74) is 1.05. The number of H-pyrrole nitrogens is 1. The second kappa shape index (κ2) is 6.78. The summed E-state index contributed by atoms with van der Waals surface area (Å²) >= 11 is 3.06. The van der Waals surface area contributed by atoms with E-state index in [9.17, 15) is 18.3 Å². The SMILES string of the molecule is Oc1cc(Br)c(Oc2ccc3[nH]cc(CC4CCC4)c3c2)c(C(F)(F)F)c1. The Labute approximate surface area is 162 Å². The quantitative estimate of drug-likeness (QED) is 0.469. The highest BCUT2D eigenvalue weighted by Crippen LogP contribution is 2.45. The van der Waals surface area contributed by atoms with Gasteiger partial charge in [0.25, 0.3) is 0 Å². The molecule has 4 rings (SSSR count). The van der Waals surface area contributed by atoms with Gasteiger partial charge in [-0.15, -0.1) is 0 Å². The highest BCUT2D eigenvalue weighted by Gasteiger charge is 2.36. The average Bonchev–Trinajstić information content (AvgIpc) is 2.94. The van der Waals surface area contributed by atoms with Gasteiger partial charge >= 0.3 is 6.18 Å². The first-order valence-electron chi connectivity index (χ1n) is 8.69. The Kier molecular flexibility index (Phi) is 4.58. The van der Waals surface area contributed by atoms with Crippen molar-refractivity contribution in [2.75, 3.05) is 0 Å². The number of phenols is 1. The van der Waals surface area contributed by atoms with Crippen LogP contribution in [-0.2, 0) is 12.6 Å². The van der Waals surface area contributed by atoms with Gasteiger partial charge in [-0.1, -0.05) is 19.3 Å². The third-order valence-corrected chi connectivity index (χ3v) is 5.61. The molecule has 1 heterocycles. The summed E-state index contributed by atoms with van der Waals surface area (Å²) in [6.07, 6.45) is 1.97. The summed E-state index contributed by atoms with van der Waals surface area (Å²) in [7, 11) is 0. The van der Waals surface area contributed by atoms with E-state index in [2.05, 4.69) is 20.9 Å². The Morgan fingerprint density at radius 3 is 2.63 bits per heavy atom. The van der Waals surface area contributed by atoms with Crippen molar-refractivity contribution in [2.24, 2.45) is 5.92 Å². The van der Waals surface area contributed by atoms with Crippen LogP contribution in [0.25, 0.3) is 10.9 Å². The van der Waals surface area contributed by atoms with E-state index in [0.717, 1.165) is 22.9 Å². The van der Waals surface area contributed by atoms with E-state index < -0.39 is 17.5 Å². The van der Waals surface area contributed by atoms with E-state index in [0.29, 0.717) is 17.7 Å². The molecule has 7 heteroatoms. The van der Waals surface area contributed by atoms with Crippen molar-refractivity contribution in [3.63, 3.8) is 0 Å². The molecule has 1 fully saturated rings. The molecule has 1 aliphatic rings. The number of fused-ring (bicyclic) bond motifs is 1. The number of aromatic nitrogens is 1. The normalized spacial score (nSPS) is 15.1. The van der Waals surface area contributed by atoms with E-state index in [-0.39, 0.29) is 10.2 Å². The first kappa shape index (κ1) is 18.2. The molecule has 0 unspecified atom stereocenters. The van der Waals surface area contributed by atoms with Crippen LogP contribution in [0.4, 0.5) is 13.2 Å². The van der Waals surface area contributed by atoms with Crippen LogP contribution in [0.3, 0.4) is 0 Å². The van der Waals surface area contributed by atoms with Gasteiger partial charge in [-0.2, -0.15) is 13.2 Å². The zero-order valence-corrected chi connectivity index (χ0v) is 15.8. The molecule has 2 N–H and O–H groups in total. The minimum atomic E-state index is -4.65. The van der Waals surface area contributed by atoms with Crippen LogP contribution in [0.15, 0.2) is 41.0 Å². The second-order valence-electron chi connectivity index (χ2n) is 6.93. The van der Waals surface area contributed by atoms with Crippen molar-refractivity contribution >= 4 is 26.8 Å². The Hall–Kier alpha value is -2.15. The standard InChI is InChI=1S/C20H17BrF3NO2/c21-17-8-13(26)7-16(20(22,23)24)19(17)27-14-4-5-18-15(9-14)12(10-25-18)6-11-2-1-3-11/h4-5,7-11,25-26H,1-3,6H2. The molecule has 2 aromatic carbocycles. The Morgan fingerprint density at radius 2 is 1.96 bits per heavy atom. The summed E-state index contributed by atoms with van der Waals surface area (Å²) < 4.78 is 45.7. The minimum Gasteiger partial charge on any atom is -0.508 e. The van der Waals surface area contributed by atoms with Gasteiger partial charge in [0.2, 0.25) is 0 Å². The number of nitrogens with one attached hydrogen (secondary N) is 1. The smallest absolute Gasteiger partial charge is 0.420 e. The molecule has 0 spiro atoms. The lowest BCUT2D eigenvalue weighted by atomic mass is 9.81. The lowest BCUT2D eigenvalue weighted by molar-refractivity contribution is -0.138. The Bertz CT molecular complexity index is 993. The lowest BCUT2D eigenvalue weighted by Gasteiger charge is -2.24. The van der Waals surface area contributed by atoms with Crippen LogP contribution >= 0.6 is 15.9 Å². The van der Waals surface area contributed by atoms with Crippen LogP contribution in [-0.4, -0.2) is 10.1 Å². The van der Waals surface area contributed by atoms with Crippen molar-refractivity contribution < 1.29 is 23.0 Å². The highest BCUT2D eigenvalue weighted by atomic mass is 79.9. The molecule has 0 saturated heterocycles. The number of ether oxygens (including phenoxy) is 1. The fourth-order valence-electron chi connectivity index (χ4n) is 3.41. The summed E-state index contributed by atoms with van der Waals surface area (Å²) in [4.78, 5) is 3.21. The van der Waals surface area contributed by atoms with Crippen LogP contribution in [0, 0.1) is 5.92 Å². The number of alkyl halides is 3. The number of phenolic OH excluding ortho intramolecular Hbond substituents is 1. The molecule has 0 aliphatic heterocycles. The topological polar surface area (TPSA) is 45.2 Å². The third-order valence-electron chi connectivity index (χ3n) is 5.03. The van der Waals surface area contributed by atoms with Gasteiger partial charge in [-0.05, 0) is 64.2 Å². The van der Waals surface area contributed by atoms with Crippen LogP contribution in [0.2, 0.25) is 0 Å². The van der Waals surface area contributed by atoms with Gasteiger partial charge in [0, 0.05) is 17.1 Å². The largest absolute Gasteiger partial charge is 0.508 e. The maximum absolute atomic E-state index is 13.4. The van der Waals surface area contributed by atoms with E-state index in [1.807, 2.05) is 6.20 Å². The Morgan fingerprint density at radius 1 is 1.19 bits per heavy atom. The van der Waals surface area contributed by atoms with Crippen LogP contribution in [0.1, 0.15) is 30.4 Å². The van der Waals surface area contributed by atoms with Crippen molar-refractivity contribution in [1.82, 2.24) is 4.98 Å². The van der Waals surface area contributed by atoms with E-state index in [4.69, 9.17) is 4.74 Å². The van der Waals surface area contributed by atoms with Crippen molar-refractivity contribution in [1.29, 1.82) is 0 Å². The molecule has 27 heavy (non-hydrogen) atoms. The van der Waals surface area contributed by atoms with Gasteiger partial charge < -0.3 is 14.8 Å². The highest BCUT2D eigenvalue weighted by molar-refractivity contribution is 9.10. The van der Waals surface area contributed by atoms with E-state index in [1.54, 1.807) is 18.2 Å². The van der Waals surface area contributed by atoms with Crippen molar-refractivity contribution in [3.05, 3.63) is 52.1 Å². The van der Waals surface area contributed by atoms with Crippen molar-refractivity contribution in [3.8, 4) is 17.2 Å². The monoisotopic (exact) mass is 439 g/mol. The minimum absolute atomic E-state index is 0.0404. The fraction of sp³-hybridized carbons (Fsp3) is 0.300. The molecule has 3 aromatic rings. The number of benzene rings is 2. The zero-order valence-electron chi connectivity index (χ0n) is 14.2. The van der Waals surface area contributed by atoms with Gasteiger partial charge in [0.15, 0.2) is 5.75 Å². The molecule has 0 bridgehead atoms. The number of rotatable bonds is 4. The third kappa shape index (κ3) is 3.65. The second-order valence-corrected chi connectivity index (χ2v) is 7.78. The number of hydrogen-bond acceptors (Lipinski definition) is 2. The lowest BCUT2D eigenvalue weighted by Crippen LogP contribution is -2.13. The summed E-state index contributed by atoms with van der Waals surface area (Å²) in [6, 6.07) is 7.04. The molecule has 1 aromatic heterocycles. The predicted molar refractivity (Wildman–Crippen MR) is 100 cm³/mol. The molecule has 1 aliphatic carbocycles. The van der Waals surface area contributed by atoms with Gasteiger partial charge in [0.05, 0.1) is 4.47 Å². The molecule has 0 atom stereocenters. The molecule has 0 amide bonds. The summed E-state index contributed by atoms with van der Waals surface area (Å²) in [6.45, 7) is 0. The van der Waals surface area contributed by atoms with E-state index in [1.165, 1.54) is 25.3 Å². The molecule has 1 saturated carbocycles. The number of hydrogen-bond donors (Lipinski definition) is 2. The molecule has 0 radical (unpaired) electrons. The predicted octanol–water partition coefficient (Wildman–Crippen LogP) is 6.79. The molecule has 142 valence electrons. The maximum Gasteiger partial charge on any atom is 0.420 e. The average molecular weight is 440 g/mol. The van der Waals surface area contributed by atoms with Gasteiger partial charge in [-0.3, -0.25) is 0 Å². The van der Waals surface area contributed by atoms with Crippen molar-refractivity contribution in [2.45, 2.75) is 31.9 Å². The first-order valence-corrected chi connectivity index (χ1v) is 9.48. The maximum atomic E-state index is 13.4. The number of aromatic amines is 1. The van der Waals surface area contributed by atoms with Crippen LogP contribution in [0.5, 0.6) is 17.2 Å². The zero-order chi connectivity index (χ0) is 19.2. The number of aromatic hydroxyl groups is 1. The van der Waals surface area contributed by atoms with Gasteiger partial charge in [-0.25, -0.2) is 0 Å². The molecular formula is C20H17BrF3NO2. The van der Waals surface area contributed by atoms with Gasteiger partial charge in [0.1, 0.15) is 17.1 Å². The first-order chi connectivity index (χ1) is 12.8. The summed E-state index contributed by atoms with van der Waals surface area (Å²) in [5, 5.41) is 10.5. The van der Waals surface area contributed by atoms with E-state index >= 15 is 0 Å². The fourth-order valence-corrected chi connectivity index (χ4v) is 3.94. The number of halogens is 4. The summed E-state index contributed by atoms with van der Waals surface area (Å²) in [5.74, 6) is 0.145. The molecule has 3 nitrogen and oxygen atoms in total.